The van der Waals surface area contributed by atoms with Gasteiger partial charge in [-0.1, -0.05) is 0 Å². The van der Waals surface area contributed by atoms with Gasteiger partial charge in [-0.2, -0.15) is 5.10 Å². The lowest BCUT2D eigenvalue weighted by Crippen LogP contribution is -2.57. The van der Waals surface area contributed by atoms with E-state index in [-0.39, 0.29) is 18.4 Å². The molecule has 28 heavy (non-hydrogen) atoms. The van der Waals surface area contributed by atoms with E-state index in [4.69, 9.17) is 14.6 Å². The van der Waals surface area contributed by atoms with E-state index >= 15 is 0 Å². The number of methoxy groups -OCH3 is 1. The lowest BCUT2D eigenvalue weighted by atomic mass is 9.84. The van der Waals surface area contributed by atoms with Crippen molar-refractivity contribution in [1.82, 2.24) is 20.4 Å². The van der Waals surface area contributed by atoms with Crippen molar-refractivity contribution in [1.29, 1.82) is 0 Å². The number of piperidine rings is 3. The molecule has 3 aliphatic heterocycles. The Morgan fingerprint density at radius 3 is 2.61 bits per heavy atom. The Bertz CT molecular complexity index is 868. The number of H-pyrrole nitrogens is 1. The molecule has 8 heteroatoms. The Morgan fingerprint density at radius 1 is 1.32 bits per heavy atom. The van der Waals surface area contributed by atoms with Crippen LogP contribution in [0.2, 0.25) is 0 Å². The van der Waals surface area contributed by atoms with Crippen LogP contribution in [0, 0.1) is 5.92 Å². The Morgan fingerprint density at radius 2 is 2.04 bits per heavy atom. The monoisotopic (exact) mass is 386 g/mol. The summed E-state index contributed by atoms with van der Waals surface area (Å²) in [7, 11) is 1.69. The largest absolute Gasteiger partial charge is 0.496 e. The van der Waals surface area contributed by atoms with E-state index in [1.54, 1.807) is 7.11 Å². The zero-order valence-electron chi connectivity index (χ0n) is 16.0. The van der Waals surface area contributed by atoms with Crippen molar-refractivity contribution in [2.75, 3.05) is 26.7 Å². The number of aromatic amines is 1. The fourth-order valence-electron chi connectivity index (χ4n) is 4.61. The molecule has 1 aliphatic carbocycles. The first-order valence-corrected chi connectivity index (χ1v) is 9.82. The average Bonchev–Trinajstić information content (AvgIpc) is 3.46. The van der Waals surface area contributed by atoms with Crippen LogP contribution in [0.25, 0.3) is 10.9 Å². The first-order valence-electron chi connectivity index (χ1n) is 9.82. The molecule has 4 aliphatic rings. The van der Waals surface area contributed by atoms with Gasteiger partial charge in [0, 0.05) is 23.5 Å². The second-order valence-electron chi connectivity index (χ2n) is 7.77. The molecule has 2 bridgehead atoms. The number of rotatable bonds is 4. The number of carbonyl (C=O) groups is 2. The van der Waals surface area contributed by atoms with Crippen LogP contribution in [0.15, 0.2) is 12.1 Å². The van der Waals surface area contributed by atoms with Gasteiger partial charge in [0.05, 0.1) is 12.6 Å². The number of benzene rings is 1. The maximum absolute atomic E-state index is 13.0. The fraction of sp³-hybridized carbons (Fsp3) is 0.550. The first-order chi connectivity index (χ1) is 13.7. The number of nitrogens with one attached hydrogen (secondary N) is 2. The van der Waals surface area contributed by atoms with Gasteiger partial charge >= 0.3 is 0 Å². The molecule has 0 unspecified atom stereocenters. The summed E-state index contributed by atoms with van der Waals surface area (Å²) >= 11 is 0. The van der Waals surface area contributed by atoms with E-state index in [1.807, 2.05) is 12.1 Å². The van der Waals surface area contributed by atoms with Gasteiger partial charge in [0.1, 0.15) is 5.75 Å². The summed E-state index contributed by atoms with van der Waals surface area (Å²) in [6.07, 6.45) is 4.68. The number of aromatic nitrogens is 2. The van der Waals surface area contributed by atoms with E-state index in [0.29, 0.717) is 17.5 Å². The van der Waals surface area contributed by atoms with Crippen molar-refractivity contribution in [3.05, 3.63) is 23.4 Å². The molecule has 3 N–H and O–H groups in total. The maximum Gasteiger partial charge on any atom is 0.290 e. The highest BCUT2D eigenvalue weighted by Crippen LogP contribution is 2.48. The van der Waals surface area contributed by atoms with Crippen molar-refractivity contribution >= 4 is 23.3 Å². The summed E-state index contributed by atoms with van der Waals surface area (Å²) in [5.74, 6) is 1.91. The van der Waals surface area contributed by atoms with Crippen LogP contribution in [-0.2, 0) is 4.79 Å². The molecule has 1 atom stereocenters. The van der Waals surface area contributed by atoms with Gasteiger partial charge in [-0.05, 0) is 62.7 Å². The number of amides is 1. The van der Waals surface area contributed by atoms with Gasteiger partial charge in [-0.25, -0.2) is 0 Å². The minimum atomic E-state index is -0.250. The predicted molar refractivity (Wildman–Crippen MR) is 104 cm³/mol. The zero-order chi connectivity index (χ0) is 19.7. The maximum atomic E-state index is 13.0. The van der Waals surface area contributed by atoms with E-state index in [1.165, 1.54) is 25.9 Å². The second-order valence-corrected chi connectivity index (χ2v) is 7.77. The number of hydrogen-bond acceptors (Lipinski definition) is 5. The Balaban J connectivity index is 0.000000604. The van der Waals surface area contributed by atoms with Crippen molar-refractivity contribution in [3.8, 4) is 5.75 Å². The molecule has 1 saturated carbocycles. The minimum Gasteiger partial charge on any atom is -0.496 e. The quantitative estimate of drug-likeness (QED) is 0.694. The van der Waals surface area contributed by atoms with Crippen LogP contribution in [0.1, 0.15) is 47.7 Å². The molecule has 0 spiro atoms. The summed E-state index contributed by atoms with van der Waals surface area (Å²) < 4.78 is 5.57. The molecule has 6 rings (SSSR count). The van der Waals surface area contributed by atoms with Gasteiger partial charge < -0.3 is 20.1 Å². The molecule has 1 aromatic carbocycles. The van der Waals surface area contributed by atoms with Gasteiger partial charge in [0.25, 0.3) is 12.4 Å². The lowest BCUT2D eigenvalue weighted by molar-refractivity contribution is -0.122. The molecular weight excluding hydrogens is 360 g/mol. The van der Waals surface area contributed by atoms with Crippen LogP contribution < -0.4 is 10.1 Å². The Hall–Kier alpha value is -2.61. The first kappa shape index (κ1) is 18.7. The number of carboxylic acid groups (broad SMARTS) is 1. The smallest absolute Gasteiger partial charge is 0.290 e. The predicted octanol–water partition coefficient (Wildman–Crippen LogP) is 1.97. The number of fused-ring (bicyclic) bond motifs is 4. The van der Waals surface area contributed by atoms with E-state index in [0.717, 1.165) is 41.6 Å². The fourth-order valence-corrected chi connectivity index (χ4v) is 4.61. The third-order valence-corrected chi connectivity index (χ3v) is 6.12. The van der Waals surface area contributed by atoms with E-state index < -0.39 is 0 Å². The zero-order valence-corrected chi connectivity index (χ0v) is 16.0. The van der Waals surface area contributed by atoms with E-state index in [2.05, 4.69) is 20.4 Å². The van der Waals surface area contributed by atoms with Crippen molar-refractivity contribution in [3.63, 3.8) is 0 Å². The average molecular weight is 386 g/mol. The highest BCUT2D eigenvalue weighted by Gasteiger charge is 2.36. The third-order valence-electron chi connectivity index (χ3n) is 6.12. The molecule has 1 aromatic heterocycles. The summed E-state index contributed by atoms with van der Waals surface area (Å²) in [5, 5.41) is 18.5. The molecule has 4 fully saturated rings. The topological polar surface area (TPSA) is 108 Å². The number of carbonyl (C=O) groups excluding carboxylic acids is 1. The van der Waals surface area contributed by atoms with Crippen LogP contribution in [0.5, 0.6) is 5.75 Å². The molecule has 4 heterocycles. The normalized spacial score (nSPS) is 25.7. The Kier molecular flexibility index (Phi) is 5.21. The van der Waals surface area contributed by atoms with Gasteiger partial charge in [0.15, 0.2) is 5.69 Å². The van der Waals surface area contributed by atoms with Crippen LogP contribution >= 0.6 is 0 Å². The second kappa shape index (κ2) is 7.79. The molecule has 2 aromatic rings. The molecule has 8 nitrogen and oxygen atoms in total. The Labute approximate surface area is 163 Å². The third kappa shape index (κ3) is 3.44. The minimum absolute atomic E-state index is 0.0554. The van der Waals surface area contributed by atoms with Crippen LogP contribution in [0.4, 0.5) is 0 Å². The molecule has 3 saturated heterocycles. The molecule has 150 valence electrons. The van der Waals surface area contributed by atoms with Gasteiger partial charge in [-0.3, -0.25) is 14.7 Å². The van der Waals surface area contributed by atoms with Crippen molar-refractivity contribution in [2.24, 2.45) is 5.92 Å². The molecular formula is C20H26N4O4. The van der Waals surface area contributed by atoms with Crippen LogP contribution in [0.3, 0.4) is 0 Å². The number of hydrogen-bond donors (Lipinski definition) is 3. The SMILES string of the molecule is COc1ccc2[nH]nc(C(=O)N[C@@H]3CN4CCC3CC4)c2c1C1CC1.O=CO. The number of ether oxygens (including phenoxy) is 1. The standard InChI is InChI=1S/C19H24N4O2.CH2O2/c1-25-15-5-4-13-17(16(15)12-2-3-12)18(22-21-13)19(24)20-14-10-23-8-6-11(14)7-9-23;2-1-3/h4-5,11-12,14H,2-3,6-10H2,1H3,(H,20,24)(H,21,22);1H,(H,2,3)/t14-;/m1./s1. The summed E-state index contributed by atoms with van der Waals surface area (Å²) in [6, 6.07) is 4.18. The van der Waals surface area contributed by atoms with Crippen LogP contribution in [-0.4, -0.2) is 65.4 Å². The van der Waals surface area contributed by atoms with E-state index in [9.17, 15) is 4.79 Å². The lowest BCUT2D eigenvalue weighted by Gasteiger charge is -2.44. The van der Waals surface area contributed by atoms with Gasteiger partial charge in [0.2, 0.25) is 0 Å². The molecule has 0 radical (unpaired) electrons. The summed E-state index contributed by atoms with van der Waals surface area (Å²) in [4.78, 5) is 23.8. The van der Waals surface area contributed by atoms with Crippen molar-refractivity contribution < 1.29 is 19.4 Å². The molecule has 1 amide bonds. The highest BCUT2D eigenvalue weighted by atomic mass is 16.5. The highest BCUT2D eigenvalue weighted by molar-refractivity contribution is 6.07. The summed E-state index contributed by atoms with van der Waals surface area (Å²) in [5.41, 5.74) is 2.59. The number of nitrogens with zero attached hydrogens (tertiary/aromatic N) is 2. The van der Waals surface area contributed by atoms with Gasteiger partial charge in [-0.15, -0.1) is 0 Å². The van der Waals surface area contributed by atoms with Crippen molar-refractivity contribution in [2.45, 2.75) is 37.6 Å². The summed E-state index contributed by atoms with van der Waals surface area (Å²) in [6.45, 7) is 3.06.